The molecule has 1 fully saturated rings. The van der Waals surface area contributed by atoms with Gasteiger partial charge in [0.1, 0.15) is 5.75 Å². The third kappa shape index (κ3) is 4.37. The third-order valence-corrected chi connectivity index (χ3v) is 4.82. The van der Waals surface area contributed by atoms with E-state index in [0.717, 1.165) is 23.9 Å². The number of rotatable bonds is 6. The number of nitrogens with two attached hydrogens (primary N) is 1. The molecule has 0 unspecified atom stereocenters. The van der Waals surface area contributed by atoms with Crippen LogP contribution in [0.15, 0.2) is 18.2 Å². The molecule has 0 bridgehead atoms. The van der Waals surface area contributed by atoms with E-state index in [1.807, 2.05) is 19.1 Å². The first-order chi connectivity index (χ1) is 10.1. The molecule has 0 aromatic heterocycles. The molecule has 0 amide bonds. The topological polar surface area (TPSA) is 38.5 Å². The molecule has 0 atom stereocenters. The zero-order chi connectivity index (χ0) is 15.2. The minimum absolute atomic E-state index is 0.697. The largest absolute Gasteiger partial charge is 0.494 e. The Morgan fingerprint density at radius 1 is 1.19 bits per heavy atom. The molecule has 2 rings (SSSR count). The maximum Gasteiger partial charge on any atom is 0.123 e. The van der Waals surface area contributed by atoms with Crippen molar-refractivity contribution in [1.82, 2.24) is 4.90 Å². The maximum atomic E-state index is 5.94. The fourth-order valence-corrected chi connectivity index (χ4v) is 3.41. The van der Waals surface area contributed by atoms with Crippen LogP contribution in [-0.2, 0) is 6.54 Å². The van der Waals surface area contributed by atoms with Crippen LogP contribution in [0.25, 0.3) is 0 Å². The minimum atomic E-state index is 0.697. The lowest BCUT2D eigenvalue weighted by Gasteiger charge is -2.34. The van der Waals surface area contributed by atoms with Gasteiger partial charge in [-0.25, -0.2) is 0 Å². The summed E-state index contributed by atoms with van der Waals surface area (Å²) in [4.78, 5) is 2.48. The molecule has 1 aromatic carbocycles. The predicted molar refractivity (Wildman–Crippen MR) is 89.5 cm³/mol. The molecule has 21 heavy (non-hydrogen) atoms. The average Bonchev–Trinajstić information content (AvgIpc) is 2.50. The summed E-state index contributed by atoms with van der Waals surface area (Å²) in [6.07, 6.45) is 6.73. The molecular formula is C18H30N2O. The fraction of sp³-hybridized carbons (Fsp3) is 0.667. The van der Waals surface area contributed by atoms with Crippen LogP contribution < -0.4 is 10.5 Å². The second kappa shape index (κ2) is 7.69. The van der Waals surface area contributed by atoms with Crippen molar-refractivity contribution in [2.45, 2.75) is 58.5 Å². The number of nitrogens with zero attached hydrogens (tertiary/aromatic N) is 1. The van der Waals surface area contributed by atoms with Crippen molar-refractivity contribution in [1.29, 1.82) is 0 Å². The first kappa shape index (κ1) is 16.2. The van der Waals surface area contributed by atoms with Gasteiger partial charge >= 0.3 is 0 Å². The maximum absolute atomic E-state index is 5.94. The molecular weight excluding hydrogens is 260 g/mol. The molecule has 1 aromatic rings. The highest BCUT2D eigenvalue weighted by Gasteiger charge is 2.23. The Bertz CT molecular complexity index is 439. The van der Waals surface area contributed by atoms with Gasteiger partial charge in [-0.3, -0.25) is 4.90 Å². The normalized spacial score (nSPS) is 22.5. The predicted octanol–water partition coefficient (Wildman–Crippen LogP) is 4.07. The molecule has 3 heteroatoms. The van der Waals surface area contributed by atoms with Crippen molar-refractivity contribution >= 4 is 5.69 Å². The van der Waals surface area contributed by atoms with E-state index < -0.39 is 0 Å². The van der Waals surface area contributed by atoms with Crippen LogP contribution >= 0.6 is 0 Å². The summed E-state index contributed by atoms with van der Waals surface area (Å²) in [6.45, 7) is 5.95. The van der Waals surface area contributed by atoms with Crippen molar-refractivity contribution in [2.75, 3.05) is 19.4 Å². The summed E-state index contributed by atoms with van der Waals surface area (Å²) >= 11 is 0. The second-order valence-electron chi connectivity index (χ2n) is 6.30. The standard InChI is InChI=1S/C18H30N2O/c1-4-14-6-9-17(10-7-14)20(3)13-15-12-16(19)8-11-18(15)21-5-2/h8,11-12,14,17H,4-7,9-10,13,19H2,1-3H3. The van der Waals surface area contributed by atoms with Crippen LogP contribution in [0.5, 0.6) is 5.75 Å². The molecule has 3 nitrogen and oxygen atoms in total. The number of hydrogen-bond acceptors (Lipinski definition) is 3. The van der Waals surface area contributed by atoms with E-state index in [1.165, 1.54) is 37.7 Å². The molecule has 0 aliphatic heterocycles. The second-order valence-corrected chi connectivity index (χ2v) is 6.30. The van der Waals surface area contributed by atoms with E-state index in [9.17, 15) is 0 Å². The Balaban J connectivity index is 1.99. The quantitative estimate of drug-likeness (QED) is 0.803. The number of benzene rings is 1. The van der Waals surface area contributed by atoms with Gasteiger partial charge in [-0.15, -0.1) is 0 Å². The first-order valence-corrected chi connectivity index (χ1v) is 8.35. The van der Waals surface area contributed by atoms with Gasteiger partial charge in [-0.1, -0.05) is 13.3 Å². The van der Waals surface area contributed by atoms with E-state index in [-0.39, 0.29) is 0 Å². The number of nitrogen functional groups attached to an aromatic ring is 1. The van der Waals surface area contributed by atoms with Crippen LogP contribution in [0.1, 0.15) is 51.5 Å². The third-order valence-electron chi connectivity index (χ3n) is 4.82. The van der Waals surface area contributed by atoms with Gasteiger partial charge in [0, 0.05) is 23.8 Å². The molecule has 0 radical (unpaired) electrons. The molecule has 0 saturated heterocycles. The summed E-state index contributed by atoms with van der Waals surface area (Å²) in [5.41, 5.74) is 7.96. The van der Waals surface area contributed by atoms with E-state index in [1.54, 1.807) is 0 Å². The first-order valence-electron chi connectivity index (χ1n) is 8.35. The van der Waals surface area contributed by atoms with Gasteiger partial charge in [0.05, 0.1) is 6.61 Å². The van der Waals surface area contributed by atoms with Crippen molar-refractivity contribution in [3.63, 3.8) is 0 Å². The zero-order valence-corrected chi connectivity index (χ0v) is 13.8. The van der Waals surface area contributed by atoms with Crippen LogP contribution in [0.4, 0.5) is 5.69 Å². The summed E-state index contributed by atoms with van der Waals surface area (Å²) < 4.78 is 5.73. The highest BCUT2D eigenvalue weighted by atomic mass is 16.5. The highest BCUT2D eigenvalue weighted by molar-refractivity contribution is 5.47. The monoisotopic (exact) mass is 290 g/mol. The lowest BCUT2D eigenvalue weighted by Crippen LogP contribution is -2.34. The smallest absolute Gasteiger partial charge is 0.123 e. The van der Waals surface area contributed by atoms with E-state index in [0.29, 0.717) is 12.6 Å². The van der Waals surface area contributed by atoms with Crippen LogP contribution in [0.2, 0.25) is 0 Å². The Morgan fingerprint density at radius 2 is 1.90 bits per heavy atom. The lowest BCUT2D eigenvalue weighted by molar-refractivity contribution is 0.156. The van der Waals surface area contributed by atoms with Crippen LogP contribution in [0, 0.1) is 5.92 Å². The van der Waals surface area contributed by atoms with Crippen LogP contribution in [-0.4, -0.2) is 24.6 Å². The summed E-state index contributed by atoms with van der Waals surface area (Å²) in [5.74, 6) is 1.92. The van der Waals surface area contributed by atoms with Gasteiger partial charge in [-0.2, -0.15) is 0 Å². The van der Waals surface area contributed by atoms with Gasteiger partial charge in [0.2, 0.25) is 0 Å². The summed E-state index contributed by atoms with van der Waals surface area (Å²) in [6, 6.07) is 6.67. The van der Waals surface area contributed by atoms with Gasteiger partial charge in [0.15, 0.2) is 0 Å². The van der Waals surface area contributed by atoms with Crippen molar-refractivity contribution in [2.24, 2.45) is 5.92 Å². The Morgan fingerprint density at radius 3 is 2.52 bits per heavy atom. The number of hydrogen-bond donors (Lipinski definition) is 1. The number of ether oxygens (including phenoxy) is 1. The summed E-state index contributed by atoms with van der Waals surface area (Å²) in [7, 11) is 2.23. The van der Waals surface area contributed by atoms with Gasteiger partial charge in [-0.05, 0) is 63.8 Å². The fourth-order valence-electron chi connectivity index (χ4n) is 3.41. The molecule has 1 saturated carbocycles. The molecule has 1 aliphatic rings. The minimum Gasteiger partial charge on any atom is -0.494 e. The average molecular weight is 290 g/mol. The van der Waals surface area contributed by atoms with Gasteiger partial charge in [0.25, 0.3) is 0 Å². The number of anilines is 1. The van der Waals surface area contributed by atoms with Gasteiger partial charge < -0.3 is 10.5 Å². The van der Waals surface area contributed by atoms with Crippen molar-refractivity contribution in [3.8, 4) is 5.75 Å². The SMILES string of the molecule is CCOc1ccc(N)cc1CN(C)C1CCC(CC)CC1. The summed E-state index contributed by atoms with van der Waals surface area (Å²) in [5, 5.41) is 0. The van der Waals surface area contributed by atoms with E-state index in [2.05, 4.69) is 24.9 Å². The molecule has 2 N–H and O–H groups in total. The molecule has 118 valence electrons. The van der Waals surface area contributed by atoms with E-state index >= 15 is 0 Å². The Kier molecular flexibility index (Phi) is 5.92. The molecule has 1 aliphatic carbocycles. The van der Waals surface area contributed by atoms with Crippen molar-refractivity contribution < 1.29 is 4.74 Å². The zero-order valence-electron chi connectivity index (χ0n) is 13.8. The Hall–Kier alpha value is -1.22. The molecule has 0 spiro atoms. The Labute approximate surface area is 129 Å². The van der Waals surface area contributed by atoms with Crippen molar-refractivity contribution in [3.05, 3.63) is 23.8 Å². The van der Waals surface area contributed by atoms with E-state index in [4.69, 9.17) is 10.5 Å². The lowest BCUT2D eigenvalue weighted by atomic mass is 9.84. The molecule has 0 heterocycles. The van der Waals surface area contributed by atoms with Crippen LogP contribution in [0.3, 0.4) is 0 Å². The highest BCUT2D eigenvalue weighted by Crippen LogP contribution is 2.31.